The average Bonchev–Trinajstić information content (AvgIpc) is 3.40. The Kier molecular flexibility index (Phi) is 8.87. The van der Waals surface area contributed by atoms with Gasteiger partial charge in [0.2, 0.25) is 0 Å². The van der Waals surface area contributed by atoms with E-state index in [9.17, 15) is 4.79 Å². The van der Waals surface area contributed by atoms with Crippen molar-refractivity contribution in [3.63, 3.8) is 0 Å². The molecule has 0 saturated heterocycles. The van der Waals surface area contributed by atoms with Crippen molar-refractivity contribution in [3.05, 3.63) is 167 Å². The van der Waals surface area contributed by atoms with Crippen LogP contribution in [0.1, 0.15) is 54.5 Å². The second-order valence-corrected chi connectivity index (χ2v) is 12.7. The van der Waals surface area contributed by atoms with Gasteiger partial charge in [-0.05, 0) is 59.7 Å². The minimum absolute atomic E-state index is 0.0270. The molecule has 1 N–H and O–H groups in total. The van der Waals surface area contributed by atoms with Crippen molar-refractivity contribution >= 4 is 11.9 Å². The number of benzene rings is 5. The van der Waals surface area contributed by atoms with E-state index in [1.165, 1.54) is 0 Å². The van der Waals surface area contributed by atoms with Crippen molar-refractivity contribution in [2.24, 2.45) is 0 Å². The summed E-state index contributed by atoms with van der Waals surface area (Å²) < 4.78 is 12.1. The third-order valence-corrected chi connectivity index (χ3v) is 8.63. The topological polar surface area (TPSA) is 64.6 Å². The number of amides is 1. The van der Waals surface area contributed by atoms with E-state index in [0.29, 0.717) is 0 Å². The first-order valence-corrected chi connectivity index (χ1v) is 15.8. The lowest BCUT2D eigenvalue weighted by Gasteiger charge is -2.37. The molecule has 0 aromatic heterocycles. The molecule has 46 heavy (non-hydrogen) atoms. The normalized spacial score (nSPS) is 13.4. The molecule has 0 spiro atoms. The van der Waals surface area contributed by atoms with Crippen LogP contribution in [0.3, 0.4) is 0 Å². The fraction of sp³-hybridized carbons (Fsp3) is 0.220. The molecule has 6 rings (SSSR count). The number of fused-ring (bicyclic) bond motifs is 3. The van der Waals surface area contributed by atoms with Crippen LogP contribution in [0.15, 0.2) is 140 Å². The third kappa shape index (κ3) is 6.11. The maximum absolute atomic E-state index is 15.3. The quantitative estimate of drug-likeness (QED) is 0.162. The van der Waals surface area contributed by atoms with E-state index in [2.05, 4.69) is 29.6 Å². The van der Waals surface area contributed by atoms with E-state index in [0.717, 1.165) is 38.9 Å². The maximum Gasteiger partial charge on any atom is 0.407 e. The highest BCUT2D eigenvalue weighted by molar-refractivity contribution is 6.02. The molecule has 5 aromatic rings. The summed E-state index contributed by atoms with van der Waals surface area (Å²) in [7, 11) is 0. The molecule has 0 radical (unpaired) electrons. The number of nitrogens with one attached hydrogen (secondary N) is 1. The molecule has 0 fully saturated rings. The van der Waals surface area contributed by atoms with Crippen molar-refractivity contribution in [1.82, 2.24) is 5.32 Å². The second kappa shape index (κ2) is 13.2. The first-order valence-electron chi connectivity index (χ1n) is 15.8. The van der Waals surface area contributed by atoms with Crippen LogP contribution in [0.5, 0.6) is 0 Å². The number of ether oxygens (including phenoxy) is 2. The van der Waals surface area contributed by atoms with Gasteiger partial charge < -0.3 is 14.8 Å². The van der Waals surface area contributed by atoms with Gasteiger partial charge in [0, 0.05) is 5.92 Å². The minimum Gasteiger partial charge on any atom is -0.449 e. The Morgan fingerprint density at radius 1 is 0.630 bits per heavy atom. The summed E-state index contributed by atoms with van der Waals surface area (Å²) in [5.74, 6) is -0.316. The number of Topliss-reactive ketones (excluding diaryl/α,β-unsaturated/α-hetero) is 1. The number of ketones is 1. The van der Waals surface area contributed by atoms with Crippen molar-refractivity contribution < 1.29 is 19.1 Å². The van der Waals surface area contributed by atoms with Crippen molar-refractivity contribution in [2.45, 2.75) is 43.7 Å². The van der Waals surface area contributed by atoms with E-state index in [4.69, 9.17) is 9.47 Å². The first-order chi connectivity index (χ1) is 22.3. The van der Waals surface area contributed by atoms with Gasteiger partial charge in [0.25, 0.3) is 0 Å². The van der Waals surface area contributed by atoms with Gasteiger partial charge in [-0.3, -0.25) is 4.79 Å². The van der Waals surface area contributed by atoms with Gasteiger partial charge in [-0.25, -0.2) is 4.79 Å². The van der Waals surface area contributed by atoms with Crippen LogP contribution in [-0.2, 0) is 19.7 Å². The Labute approximate surface area is 271 Å². The van der Waals surface area contributed by atoms with Crippen LogP contribution in [0.4, 0.5) is 4.79 Å². The van der Waals surface area contributed by atoms with Crippen LogP contribution in [-0.4, -0.2) is 36.7 Å². The largest absolute Gasteiger partial charge is 0.449 e. The molecule has 0 heterocycles. The number of hydrogen-bond donors (Lipinski definition) is 1. The Morgan fingerprint density at radius 3 is 1.48 bits per heavy atom. The molecule has 5 aromatic carbocycles. The zero-order chi connectivity index (χ0) is 32.1. The van der Waals surface area contributed by atoms with E-state index >= 15 is 4.79 Å². The number of hydrogen-bond acceptors (Lipinski definition) is 4. The Hall–Kier alpha value is -5.00. The highest BCUT2D eigenvalue weighted by Crippen LogP contribution is 2.45. The second-order valence-electron chi connectivity index (χ2n) is 12.7. The van der Waals surface area contributed by atoms with Crippen LogP contribution >= 0.6 is 0 Å². The molecule has 0 aliphatic heterocycles. The van der Waals surface area contributed by atoms with E-state index in [1.54, 1.807) is 0 Å². The maximum atomic E-state index is 15.3. The summed E-state index contributed by atoms with van der Waals surface area (Å²) in [5.41, 5.74) is 5.16. The first kappa shape index (κ1) is 31.0. The standard InChI is InChI=1S/C41H39NO4/c1-40(2,3)46-28-37(42-39(44)45-27-36-34-25-15-13-23-32(34)33-24-14-16-26-35(33)36)38(43)41(29-17-7-4-8-18-29,30-19-9-5-10-20-30)31-21-11-6-12-22-31/h4-26,36-37H,27-28H2,1-3H3,(H,42,44)/t37-/m0/s1. The molecule has 0 bridgehead atoms. The summed E-state index contributed by atoms with van der Waals surface area (Å²) in [4.78, 5) is 28.9. The van der Waals surface area contributed by atoms with Gasteiger partial charge in [-0.15, -0.1) is 0 Å². The summed E-state index contributed by atoms with van der Waals surface area (Å²) in [6.07, 6.45) is -0.666. The molecule has 5 nitrogen and oxygen atoms in total. The fourth-order valence-electron chi connectivity index (χ4n) is 6.55. The molecule has 0 saturated carbocycles. The molecule has 1 amide bonds. The van der Waals surface area contributed by atoms with Crippen molar-refractivity contribution in [2.75, 3.05) is 13.2 Å². The summed E-state index contributed by atoms with van der Waals surface area (Å²) in [6, 6.07) is 44.6. The molecule has 232 valence electrons. The summed E-state index contributed by atoms with van der Waals surface area (Å²) in [5, 5.41) is 2.94. The van der Waals surface area contributed by atoms with Crippen LogP contribution in [0.2, 0.25) is 0 Å². The van der Waals surface area contributed by atoms with Crippen LogP contribution < -0.4 is 5.32 Å². The third-order valence-electron chi connectivity index (χ3n) is 8.63. The number of rotatable bonds is 10. The summed E-state index contributed by atoms with van der Waals surface area (Å²) >= 11 is 0. The monoisotopic (exact) mass is 609 g/mol. The average molecular weight is 610 g/mol. The zero-order valence-electron chi connectivity index (χ0n) is 26.5. The number of carbonyl (C=O) groups is 2. The van der Waals surface area contributed by atoms with E-state index in [1.807, 2.05) is 136 Å². The highest BCUT2D eigenvalue weighted by atomic mass is 16.5. The van der Waals surface area contributed by atoms with Gasteiger partial charge in [0.05, 0.1) is 12.2 Å². The van der Waals surface area contributed by atoms with Gasteiger partial charge in [-0.2, -0.15) is 0 Å². The number of carbonyl (C=O) groups excluding carboxylic acids is 2. The molecule has 1 atom stereocenters. The lowest BCUT2D eigenvalue weighted by molar-refractivity contribution is -0.127. The summed E-state index contributed by atoms with van der Waals surface area (Å²) in [6.45, 7) is 5.91. The Morgan fingerprint density at radius 2 is 1.04 bits per heavy atom. The van der Waals surface area contributed by atoms with E-state index in [-0.39, 0.29) is 24.9 Å². The van der Waals surface area contributed by atoms with Crippen molar-refractivity contribution in [1.29, 1.82) is 0 Å². The van der Waals surface area contributed by atoms with Gasteiger partial charge in [0.1, 0.15) is 18.1 Å². The molecule has 1 aliphatic carbocycles. The molecular formula is C41H39NO4. The van der Waals surface area contributed by atoms with E-state index < -0.39 is 23.2 Å². The smallest absolute Gasteiger partial charge is 0.407 e. The number of alkyl carbamates (subject to hydrolysis) is 1. The van der Waals surface area contributed by atoms with Gasteiger partial charge >= 0.3 is 6.09 Å². The minimum atomic E-state index is -1.23. The predicted molar refractivity (Wildman–Crippen MR) is 182 cm³/mol. The molecule has 1 aliphatic rings. The SMILES string of the molecule is CC(C)(C)OC[C@H](NC(=O)OCC1c2ccccc2-c2ccccc21)C(=O)C(c1ccccc1)(c1ccccc1)c1ccccc1. The van der Waals surface area contributed by atoms with Crippen LogP contribution in [0, 0.1) is 0 Å². The van der Waals surface area contributed by atoms with Gasteiger partial charge in [0.15, 0.2) is 5.78 Å². The fourth-order valence-corrected chi connectivity index (χ4v) is 6.55. The lowest BCUT2D eigenvalue weighted by Crippen LogP contribution is -2.54. The molecular weight excluding hydrogens is 570 g/mol. The Bertz CT molecular complexity index is 1650. The molecule has 0 unspecified atom stereocenters. The Balaban J connectivity index is 1.35. The molecule has 5 heteroatoms. The zero-order valence-corrected chi connectivity index (χ0v) is 26.5. The highest BCUT2D eigenvalue weighted by Gasteiger charge is 2.47. The van der Waals surface area contributed by atoms with Gasteiger partial charge in [-0.1, -0.05) is 140 Å². The van der Waals surface area contributed by atoms with Crippen LogP contribution in [0.25, 0.3) is 11.1 Å². The predicted octanol–water partition coefficient (Wildman–Crippen LogP) is 8.31. The lowest BCUT2D eigenvalue weighted by atomic mass is 9.65. The van der Waals surface area contributed by atoms with Crippen molar-refractivity contribution in [3.8, 4) is 11.1 Å².